The van der Waals surface area contributed by atoms with Crippen LogP contribution in [0, 0.1) is 0 Å². The van der Waals surface area contributed by atoms with Crippen molar-refractivity contribution >= 4 is 66.5 Å². The molecule has 27 heavy (non-hydrogen) atoms. The Morgan fingerprint density at radius 1 is 0.889 bits per heavy atom. The van der Waals surface area contributed by atoms with Gasteiger partial charge in [0.05, 0.1) is 5.52 Å². The Labute approximate surface area is 169 Å². The van der Waals surface area contributed by atoms with E-state index >= 15 is 0 Å². The van der Waals surface area contributed by atoms with Gasteiger partial charge in [0.1, 0.15) is 0 Å². The van der Waals surface area contributed by atoms with Gasteiger partial charge in [-0.05, 0) is 59.4 Å². The van der Waals surface area contributed by atoms with E-state index in [1.165, 1.54) is 0 Å². The summed E-state index contributed by atoms with van der Waals surface area (Å²) in [6.45, 7) is 0. The van der Waals surface area contributed by atoms with E-state index in [1.807, 2.05) is 60.7 Å². The summed E-state index contributed by atoms with van der Waals surface area (Å²) >= 11 is 8.87. The molecule has 4 nitrogen and oxygen atoms in total. The number of hydrogen-bond acceptors (Lipinski definition) is 3. The molecule has 0 atom stereocenters. The number of rotatable bonds is 2. The van der Waals surface area contributed by atoms with Gasteiger partial charge in [0, 0.05) is 27.3 Å². The zero-order valence-electron chi connectivity index (χ0n) is 14.1. The van der Waals surface area contributed by atoms with E-state index in [2.05, 4.69) is 31.5 Å². The minimum absolute atomic E-state index is 0.239. The van der Waals surface area contributed by atoms with E-state index in [9.17, 15) is 4.79 Å². The lowest BCUT2D eigenvalue weighted by Crippen LogP contribution is -2.34. The van der Waals surface area contributed by atoms with Crippen LogP contribution >= 0.6 is 28.1 Å². The summed E-state index contributed by atoms with van der Waals surface area (Å²) in [7, 11) is 0. The maximum absolute atomic E-state index is 12.8. The number of nitrogens with one attached hydrogen (secondary N) is 2. The van der Waals surface area contributed by atoms with Crippen LogP contribution in [0.3, 0.4) is 0 Å². The number of hydrogen-bond donors (Lipinski definition) is 2. The molecule has 1 heterocycles. The third-order valence-corrected chi connectivity index (χ3v) is 5.13. The number of thiocarbonyl (C=S) groups is 1. The average molecular weight is 436 g/mol. The third-order valence-electron chi connectivity index (χ3n) is 4.23. The van der Waals surface area contributed by atoms with Crippen molar-refractivity contribution in [1.29, 1.82) is 0 Å². The molecule has 0 fully saturated rings. The van der Waals surface area contributed by atoms with Crippen LogP contribution in [0.1, 0.15) is 10.4 Å². The van der Waals surface area contributed by atoms with Crippen molar-refractivity contribution < 1.29 is 4.79 Å². The smallest absolute Gasteiger partial charge is 0.258 e. The highest BCUT2D eigenvalue weighted by Gasteiger charge is 2.13. The minimum Gasteiger partial charge on any atom is -0.332 e. The van der Waals surface area contributed by atoms with E-state index in [4.69, 9.17) is 12.2 Å². The van der Waals surface area contributed by atoms with Gasteiger partial charge in [-0.1, -0.05) is 46.3 Å². The van der Waals surface area contributed by atoms with Gasteiger partial charge in [-0.15, -0.1) is 0 Å². The summed E-state index contributed by atoms with van der Waals surface area (Å²) in [5.41, 5.74) is 2.22. The van der Waals surface area contributed by atoms with Crippen LogP contribution in [-0.4, -0.2) is 16.0 Å². The van der Waals surface area contributed by atoms with Gasteiger partial charge in [0.15, 0.2) is 5.11 Å². The van der Waals surface area contributed by atoms with Gasteiger partial charge < -0.3 is 5.32 Å². The van der Waals surface area contributed by atoms with Crippen LogP contribution in [-0.2, 0) is 0 Å². The molecule has 0 saturated carbocycles. The van der Waals surface area contributed by atoms with Gasteiger partial charge in [0.25, 0.3) is 5.91 Å². The SMILES string of the molecule is O=C(NC(=S)Nc1cccc2ncccc12)c1cccc2c(Br)cccc12. The molecule has 0 aliphatic carbocycles. The molecule has 132 valence electrons. The van der Waals surface area contributed by atoms with Crippen LogP contribution in [0.25, 0.3) is 21.7 Å². The molecule has 0 radical (unpaired) electrons. The van der Waals surface area contributed by atoms with Crippen molar-refractivity contribution in [1.82, 2.24) is 10.3 Å². The van der Waals surface area contributed by atoms with Crippen molar-refractivity contribution in [3.63, 3.8) is 0 Å². The number of aromatic nitrogens is 1. The predicted molar refractivity (Wildman–Crippen MR) is 117 cm³/mol. The van der Waals surface area contributed by atoms with Gasteiger partial charge in [-0.3, -0.25) is 15.1 Å². The van der Waals surface area contributed by atoms with Crippen LogP contribution in [0.2, 0.25) is 0 Å². The highest BCUT2D eigenvalue weighted by molar-refractivity contribution is 9.10. The number of benzene rings is 3. The molecule has 4 aromatic rings. The second-order valence-electron chi connectivity index (χ2n) is 5.92. The summed E-state index contributed by atoms with van der Waals surface area (Å²) in [4.78, 5) is 17.1. The normalized spacial score (nSPS) is 10.7. The van der Waals surface area contributed by atoms with E-state index in [0.29, 0.717) is 5.56 Å². The minimum atomic E-state index is -0.255. The number of fused-ring (bicyclic) bond motifs is 2. The van der Waals surface area contributed by atoms with Crippen molar-refractivity contribution in [3.8, 4) is 0 Å². The van der Waals surface area contributed by atoms with Gasteiger partial charge >= 0.3 is 0 Å². The molecular formula is C21H14BrN3OS. The Balaban J connectivity index is 1.58. The first-order valence-electron chi connectivity index (χ1n) is 8.27. The molecular weight excluding hydrogens is 422 g/mol. The maximum atomic E-state index is 12.8. The second kappa shape index (κ2) is 7.42. The lowest BCUT2D eigenvalue weighted by Gasteiger charge is -2.13. The molecule has 0 bridgehead atoms. The van der Waals surface area contributed by atoms with E-state index < -0.39 is 0 Å². The fourth-order valence-electron chi connectivity index (χ4n) is 3.01. The molecule has 0 saturated heterocycles. The lowest BCUT2D eigenvalue weighted by molar-refractivity contribution is 0.0979. The van der Waals surface area contributed by atoms with Crippen LogP contribution in [0.15, 0.2) is 77.4 Å². The largest absolute Gasteiger partial charge is 0.332 e. The zero-order chi connectivity index (χ0) is 18.8. The summed E-state index contributed by atoms with van der Waals surface area (Å²) in [5, 5.41) is 8.88. The highest BCUT2D eigenvalue weighted by Crippen LogP contribution is 2.26. The van der Waals surface area contributed by atoms with E-state index in [1.54, 1.807) is 12.3 Å². The number of carbonyl (C=O) groups is 1. The molecule has 0 aliphatic heterocycles. The number of pyridine rings is 1. The molecule has 2 N–H and O–H groups in total. The quantitative estimate of drug-likeness (QED) is 0.420. The molecule has 4 rings (SSSR count). The average Bonchev–Trinajstić information content (AvgIpc) is 2.68. The molecule has 1 aromatic heterocycles. The molecule has 0 unspecified atom stereocenters. The van der Waals surface area contributed by atoms with Crippen LogP contribution < -0.4 is 10.6 Å². The molecule has 0 spiro atoms. The first-order valence-corrected chi connectivity index (χ1v) is 9.47. The monoisotopic (exact) mass is 435 g/mol. The van der Waals surface area contributed by atoms with E-state index in [0.717, 1.165) is 31.8 Å². The Hall–Kier alpha value is -2.83. The van der Waals surface area contributed by atoms with Crippen molar-refractivity contribution in [2.24, 2.45) is 0 Å². The number of halogens is 1. The topological polar surface area (TPSA) is 54.0 Å². The Bertz CT molecular complexity index is 1190. The van der Waals surface area contributed by atoms with Crippen LogP contribution in [0.5, 0.6) is 0 Å². The second-order valence-corrected chi connectivity index (χ2v) is 7.19. The highest BCUT2D eigenvalue weighted by atomic mass is 79.9. The predicted octanol–water partition coefficient (Wildman–Crippen LogP) is 5.28. The Morgan fingerprint density at radius 3 is 2.52 bits per heavy atom. The van der Waals surface area contributed by atoms with Crippen molar-refractivity contribution in [3.05, 3.63) is 83.0 Å². The Kier molecular flexibility index (Phi) is 4.83. The lowest BCUT2D eigenvalue weighted by atomic mass is 10.0. The molecule has 0 aliphatic rings. The van der Waals surface area contributed by atoms with Gasteiger partial charge in [0.2, 0.25) is 0 Å². The fourth-order valence-corrected chi connectivity index (χ4v) is 3.71. The maximum Gasteiger partial charge on any atom is 0.258 e. The fraction of sp³-hybridized carbons (Fsp3) is 0. The summed E-state index contributed by atoms with van der Waals surface area (Å²) in [5.74, 6) is -0.255. The van der Waals surface area contributed by atoms with Gasteiger partial charge in [-0.25, -0.2) is 0 Å². The number of carbonyl (C=O) groups excluding carboxylic acids is 1. The van der Waals surface area contributed by atoms with E-state index in [-0.39, 0.29) is 11.0 Å². The van der Waals surface area contributed by atoms with Crippen LogP contribution in [0.4, 0.5) is 5.69 Å². The zero-order valence-corrected chi connectivity index (χ0v) is 16.5. The van der Waals surface area contributed by atoms with Crippen molar-refractivity contribution in [2.75, 3.05) is 5.32 Å². The number of nitrogens with zero attached hydrogens (tertiary/aromatic N) is 1. The third kappa shape index (κ3) is 3.54. The standard InChI is InChI=1S/C21H14BrN3OS/c22-17-9-2-5-13-14(17)6-1-7-15(13)20(26)25-21(27)24-19-11-3-10-18-16(19)8-4-12-23-18/h1-12H,(H2,24,25,26,27). The first-order chi connectivity index (χ1) is 13.1. The molecule has 6 heteroatoms. The number of anilines is 1. The van der Waals surface area contributed by atoms with Gasteiger partial charge in [-0.2, -0.15) is 0 Å². The summed E-state index contributed by atoms with van der Waals surface area (Å²) in [6.07, 6.45) is 1.74. The molecule has 3 aromatic carbocycles. The first kappa shape index (κ1) is 17.6. The number of amides is 1. The summed E-state index contributed by atoms with van der Waals surface area (Å²) < 4.78 is 0.943. The summed E-state index contributed by atoms with van der Waals surface area (Å²) in [6, 6.07) is 20.9. The van der Waals surface area contributed by atoms with Crippen molar-refractivity contribution in [2.45, 2.75) is 0 Å². The molecule has 1 amide bonds. The Morgan fingerprint density at radius 2 is 1.63 bits per heavy atom.